The van der Waals surface area contributed by atoms with Crippen molar-refractivity contribution in [3.05, 3.63) is 34.9 Å². The molecule has 0 unspecified atom stereocenters. The number of piperidine rings is 1. The van der Waals surface area contributed by atoms with E-state index in [0.29, 0.717) is 10.9 Å². The van der Waals surface area contributed by atoms with Crippen molar-refractivity contribution in [3.8, 4) is 0 Å². The Morgan fingerprint density at radius 2 is 2.05 bits per heavy atom. The van der Waals surface area contributed by atoms with Gasteiger partial charge in [0.25, 0.3) is 0 Å². The van der Waals surface area contributed by atoms with Crippen LogP contribution >= 0.6 is 11.6 Å². The van der Waals surface area contributed by atoms with Crippen LogP contribution in [0.3, 0.4) is 0 Å². The molecule has 4 heteroatoms. The molecule has 122 valence electrons. The SMILES string of the molecule is CCNCC1CCN(C(=O)C(C)(C)c2cccc(Cl)c2)CC1. The van der Waals surface area contributed by atoms with Gasteiger partial charge < -0.3 is 10.2 Å². The molecule has 0 aromatic heterocycles. The first-order valence-electron chi connectivity index (χ1n) is 8.21. The molecule has 0 spiro atoms. The van der Waals surface area contributed by atoms with Gasteiger partial charge in [0.2, 0.25) is 5.91 Å². The Labute approximate surface area is 139 Å². The number of nitrogens with one attached hydrogen (secondary N) is 1. The number of hydrogen-bond donors (Lipinski definition) is 1. The molecular weight excluding hydrogens is 296 g/mol. The summed E-state index contributed by atoms with van der Waals surface area (Å²) in [6.07, 6.45) is 2.18. The van der Waals surface area contributed by atoms with E-state index in [1.54, 1.807) is 0 Å². The average Bonchev–Trinajstić information content (AvgIpc) is 2.52. The van der Waals surface area contributed by atoms with Crippen LogP contribution in [0.4, 0.5) is 0 Å². The number of nitrogens with zero attached hydrogens (tertiary/aromatic N) is 1. The van der Waals surface area contributed by atoms with E-state index in [1.165, 1.54) is 0 Å². The standard InChI is InChI=1S/C18H27ClN2O/c1-4-20-13-14-8-10-21(11-9-14)17(22)18(2,3)15-6-5-7-16(19)12-15/h5-7,12,14,20H,4,8-11,13H2,1-3H3. The molecule has 0 bridgehead atoms. The molecule has 3 nitrogen and oxygen atoms in total. The molecule has 0 aliphatic carbocycles. The average molecular weight is 323 g/mol. The van der Waals surface area contributed by atoms with Crippen molar-refractivity contribution >= 4 is 17.5 Å². The zero-order valence-corrected chi connectivity index (χ0v) is 14.6. The number of carbonyl (C=O) groups excluding carboxylic acids is 1. The van der Waals surface area contributed by atoms with Gasteiger partial charge in [-0.05, 0) is 63.4 Å². The first kappa shape index (κ1) is 17.3. The third-order valence-electron chi connectivity index (χ3n) is 4.67. The van der Waals surface area contributed by atoms with Gasteiger partial charge in [-0.2, -0.15) is 0 Å². The van der Waals surface area contributed by atoms with Crippen molar-refractivity contribution < 1.29 is 4.79 Å². The lowest BCUT2D eigenvalue weighted by Crippen LogP contribution is -2.47. The molecule has 0 saturated carbocycles. The summed E-state index contributed by atoms with van der Waals surface area (Å²) in [6, 6.07) is 7.65. The van der Waals surface area contributed by atoms with Gasteiger partial charge in [-0.25, -0.2) is 0 Å². The molecule has 1 heterocycles. The Morgan fingerprint density at radius 3 is 2.64 bits per heavy atom. The minimum absolute atomic E-state index is 0.205. The topological polar surface area (TPSA) is 32.3 Å². The zero-order chi connectivity index (χ0) is 16.2. The summed E-state index contributed by atoms with van der Waals surface area (Å²) < 4.78 is 0. The highest BCUT2D eigenvalue weighted by Gasteiger charge is 2.35. The summed E-state index contributed by atoms with van der Waals surface area (Å²) in [5.74, 6) is 0.898. The fraction of sp³-hybridized carbons (Fsp3) is 0.611. The van der Waals surface area contributed by atoms with Crippen molar-refractivity contribution in [1.29, 1.82) is 0 Å². The first-order valence-corrected chi connectivity index (χ1v) is 8.59. The second-order valence-corrected chi connectivity index (χ2v) is 7.12. The molecule has 1 aliphatic rings. The van der Waals surface area contributed by atoms with Gasteiger partial charge >= 0.3 is 0 Å². The van der Waals surface area contributed by atoms with E-state index in [4.69, 9.17) is 11.6 Å². The van der Waals surface area contributed by atoms with Crippen molar-refractivity contribution in [2.24, 2.45) is 5.92 Å². The molecule has 1 N–H and O–H groups in total. The van der Waals surface area contributed by atoms with E-state index in [-0.39, 0.29) is 5.91 Å². The maximum atomic E-state index is 12.9. The third-order valence-corrected chi connectivity index (χ3v) is 4.90. The van der Waals surface area contributed by atoms with Crippen LogP contribution in [0.5, 0.6) is 0 Å². The highest BCUT2D eigenvalue weighted by molar-refractivity contribution is 6.30. The zero-order valence-electron chi connectivity index (χ0n) is 13.9. The quantitative estimate of drug-likeness (QED) is 0.900. The largest absolute Gasteiger partial charge is 0.342 e. The summed E-state index contributed by atoms with van der Waals surface area (Å²) in [5.41, 5.74) is 0.458. The maximum Gasteiger partial charge on any atom is 0.232 e. The number of hydrogen-bond acceptors (Lipinski definition) is 2. The minimum Gasteiger partial charge on any atom is -0.342 e. The van der Waals surface area contributed by atoms with Crippen LogP contribution < -0.4 is 5.32 Å². The lowest BCUT2D eigenvalue weighted by molar-refractivity contribution is -0.137. The number of carbonyl (C=O) groups is 1. The van der Waals surface area contributed by atoms with Gasteiger partial charge in [0.1, 0.15) is 0 Å². The molecule has 0 radical (unpaired) electrons. The molecule has 2 rings (SSSR count). The van der Waals surface area contributed by atoms with Gasteiger partial charge in [0.15, 0.2) is 0 Å². The monoisotopic (exact) mass is 322 g/mol. The number of halogens is 1. The highest BCUT2D eigenvalue weighted by Crippen LogP contribution is 2.29. The smallest absolute Gasteiger partial charge is 0.232 e. The summed E-state index contributed by atoms with van der Waals surface area (Å²) in [5, 5.41) is 4.09. The number of likely N-dealkylation sites (tertiary alicyclic amines) is 1. The first-order chi connectivity index (χ1) is 10.4. The van der Waals surface area contributed by atoms with Gasteiger partial charge in [-0.15, -0.1) is 0 Å². The molecule has 1 aromatic carbocycles. The van der Waals surface area contributed by atoms with Gasteiger partial charge in [0, 0.05) is 18.1 Å². The second-order valence-electron chi connectivity index (χ2n) is 6.68. The van der Waals surface area contributed by atoms with Crippen molar-refractivity contribution in [2.45, 2.75) is 39.0 Å². The maximum absolute atomic E-state index is 12.9. The lowest BCUT2D eigenvalue weighted by Gasteiger charge is -2.37. The lowest BCUT2D eigenvalue weighted by atomic mass is 9.82. The van der Waals surface area contributed by atoms with E-state index in [9.17, 15) is 4.79 Å². The number of rotatable bonds is 5. The van der Waals surface area contributed by atoms with Crippen LogP contribution in [0.25, 0.3) is 0 Å². The van der Waals surface area contributed by atoms with E-state index in [1.807, 2.05) is 43.0 Å². The number of amides is 1. The van der Waals surface area contributed by atoms with Gasteiger partial charge in [0.05, 0.1) is 5.41 Å². The Balaban J connectivity index is 1.99. The van der Waals surface area contributed by atoms with Crippen LogP contribution in [0.2, 0.25) is 5.02 Å². The molecule has 0 atom stereocenters. The van der Waals surface area contributed by atoms with E-state index in [0.717, 1.165) is 44.6 Å². The molecule has 1 aliphatic heterocycles. The Hall–Kier alpha value is -1.06. The molecule has 1 aromatic rings. The second kappa shape index (κ2) is 7.47. The van der Waals surface area contributed by atoms with Gasteiger partial charge in [-0.1, -0.05) is 30.7 Å². The molecule has 1 amide bonds. The van der Waals surface area contributed by atoms with E-state index < -0.39 is 5.41 Å². The van der Waals surface area contributed by atoms with Crippen LogP contribution in [-0.4, -0.2) is 37.0 Å². The normalized spacial score (nSPS) is 16.8. The summed E-state index contributed by atoms with van der Waals surface area (Å²) in [6.45, 7) is 9.92. The third kappa shape index (κ3) is 4.02. The van der Waals surface area contributed by atoms with Crippen molar-refractivity contribution in [3.63, 3.8) is 0 Å². The number of benzene rings is 1. The van der Waals surface area contributed by atoms with E-state index in [2.05, 4.69) is 12.2 Å². The Morgan fingerprint density at radius 1 is 1.36 bits per heavy atom. The van der Waals surface area contributed by atoms with Crippen LogP contribution in [0.1, 0.15) is 39.2 Å². The fourth-order valence-electron chi connectivity index (χ4n) is 3.08. The highest BCUT2D eigenvalue weighted by atomic mass is 35.5. The van der Waals surface area contributed by atoms with Crippen LogP contribution in [0, 0.1) is 5.92 Å². The summed E-state index contributed by atoms with van der Waals surface area (Å²) >= 11 is 6.08. The Kier molecular flexibility index (Phi) is 5.87. The molecule has 22 heavy (non-hydrogen) atoms. The molecule has 1 saturated heterocycles. The predicted molar refractivity (Wildman–Crippen MR) is 92.3 cm³/mol. The molecular formula is C18H27ClN2O. The fourth-order valence-corrected chi connectivity index (χ4v) is 3.27. The van der Waals surface area contributed by atoms with E-state index >= 15 is 0 Å². The predicted octanol–water partition coefficient (Wildman–Crippen LogP) is 3.47. The van der Waals surface area contributed by atoms with Crippen molar-refractivity contribution in [1.82, 2.24) is 10.2 Å². The Bertz CT molecular complexity index is 508. The minimum atomic E-state index is -0.528. The summed E-state index contributed by atoms with van der Waals surface area (Å²) in [4.78, 5) is 14.9. The van der Waals surface area contributed by atoms with Crippen molar-refractivity contribution in [2.75, 3.05) is 26.2 Å². The van der Waals surface area contributed by atoms with Crippen LogP contribution in [0.15, 0.2) is 24.3 Å². The van der Waals surface area contributed by atoms with Crippen LogP contribution in [-0.2, 0) is 10.2 Å². The summed E-state index contributed by atoms with van der Waals surface area (Å²) in [7, 11) is 0. The van der Waals surface area contributed by atoms with Gasteiger partial charge in [-0.3, -0.25) is 4.79 Å². The molecule has 1 fully saturated rings.